The number of hydrogen-bond acceptors (Lipinski definition) is 5. The number of aromatic nitrogens is 1. The quantitative estimate of drug-likeness (QED) is 0.334. The van der Waals surface area contributed by atoms with Crippen molar-refractivity contribution in [3.63, 3.8) is 0 Å². The van der Waals surface area contributed by atoms with Crippen LogP contribution in [0.25, 0.3) is 0 Å². The summed E-state index contributed by atoms with van der Waals surface area (Å²) in [5, 5.41) is 13.5. The van der Waals surface area contributed by atoms with E-state index in [1.165, 1.54) is 11.5 Å². The van der Waals surface area contributed by atoms with Crippen molar-refractivity contribution in [1.82, 2.24) is 15.2 Å². The summed E-state index contributed by atoms with van der Waals surface area (Å²) in [6.07, 6.45) is 0. The van der Waals surface area contributed by atoms with Gasteiger partial charge in [-0.1, -0.05) is 0 Å². The van der Waals surface area contributed by atoms with Crippen LogP contribution in [0.4, 0.5) is 0 Å². The third kappa shape index (κ3) is 8.50. The molecular weight excluding hydrogens is 303 g/mol. The Labute approximate surface area is 121 Å². The van der Waals surface area contributed by atoms with Gasteiger partial charge in [0, 0.05) is 30.5 Å². The minimum absolute atomic E-state index is 0. The largest absolute Gasteiger partial charge is 0.354 e. The molecule has 0 amide bonds. The van der Waals surface area contributed by atoms with Crippen molar-refractivity contribution in [2.45, 2.75) is 5.75 Å². The summed E-state index contributed by atoms with van der Waals surface area (Å²) in [4.78, 5) is 3.78. The number of nitrogens with zero attached hydrogens (tertiary/aromatic N) is 2. The molecule has 0 atom stereocenters. The molecule has 5 nitrogen and oxygen atoms in total. The van der Waals surface area contributed by atoms with Gasteiger partial charge in [0.2, 0.25) is 5.96 Å². The molecular formula is C8H16Cl2N4OS2. The molecule has 0 fully saturated rings. The molecule has 1 rings (SSSR count). The minimum atomic E-state index is 0. The normalized spacial score (nSPS) is 10.1. The number of guanidine groups is 1. The molecule has 0 saturated heterocycles. The highest BCUT2D eigenvalue weighted by Gasteiger charge is 1.96. The van der Waals surface area contributed by atoms with Gasteiger partial charge in [-0.25, -0.2) is 5.48 Å². The molecule has 0 aliphatic rings. The molecule has 1 aromatic heterocycles. The molecule has 0 saturated carbocycles. The lowest BCUT2D eigenvalue weighted by molar-refractivity contribution is 0.229. The minimum Gasteiger partial charge on any atom is -0.354 e. The van der Waals surface area contributed by atoms with E-state index in [0.717, 1.165) is 23.7 Å². The zero-order chi connectivity index (χ0) is 10.9. The van der Waals surface area contributed by atoms with Crippen LogP contribution in [0.5, 0.6) is 0 Å². The Morgan fingerprint density at radius 1 is 1.59 bits per heavy atom. The first-order chi connectivity index (χ1) is 7.36. The fraction of sp³-hybridized carbons (Fsp3) is 0.500. The van der Waals surface area contributed by atoms with E-state index >= 15 is 0 Å². The van der Waals surface area contributed by atoms with Crippen molar-refractivity contribution in [1.29, 1.82) is 0 Å². The van der Waals surface area contributed by atoms with Crippen molar-refractivity contribution < 1.29 is 5.21 Å². The number of nitrogens with one attached hydrogen (secondary N) is 2. The van der Waals surface area contributed by atoms with Crippen molar-refractivity contribution in [3.05, 3.63) is 17.1 Å². The van der Waals surface area contributed by atoms with Crippen molar-refractivity contribution in [2.75, 3.05) is 19.3 Å². The van der Waals surface area contributed by atoms with Crippen LogP contribution < -0.4 is 10.8 Å². The van der Waals surface area contributed by atoms with Crippen molar-refractivity contribution >= 4 is 54.1 Å². The van der Waals surface area contributed by atoms with Crippen molar-refractivity contribution in [3.8, 4) is 0 Å². The van der Waals surface area contributed by atoms with Gasteiger partial charge in [-0.3, -0.25) is 10.2 Å². The number of aliphatic imine (C=N–C) groups is 1. The lowest BCUT2D eigenvalue weighted by atomic mass is 10.5. The summed E-state index contributed by atoms with van der Waals surface area (Å²) < 4.78 is 4.21. The average Bonchev–Trinajstić information content (AvgIpc) is 2.76. The van der Waals surface area contributed by atoms with Crippen LogP contribution in [-0.4, -0.2) is 34.9 Å². The Bertz CT molecular complexity index is 298. The summed E-state index contributed by atoms with van der Waals surface area (Å²) in [7, 11) is 1.61. The molecule has 0 radical (unpaired) electrons. The van der Waals surface area contributed by atoms with Gasteiger partial charge in [0.05, 0.1) is 5.69 Å². The average molecular weight is 319 g/mol. The van der Waals surface area contributed by atoms with E-state index in [4.69, 9.17) is 5.21 Å². The standard InChI is InChI=1S/C8H14N4OS2.2ClH/c1-9-8(11-13)10-3-5-14-6-7-2-4-15-12-7;;/h2,4,13H,3,5-6H2,1H3,(H2,9,10,11);2*1H. The Morgan fingerprint density at radius 3 is 2.88 bits per heavy atom. The molecule has 17 heavy (non-hydrogen) atoms. The SMILES string of the molecule is CN=C(NO)NCCSCc1ccsn1.Cl.Cl. The predicted octanol–water partition coefficient (Wildman–Crippen LogP) is 1.77. The highest BCUT2D eigenvalue weighted by molar-refractivity contribution is 7.98. The monoisotopic (exact) mass is 318 g/mol. The molecule has 0 spiro atoms. The Hall–Kier alpha value is -0.210. The molecule has 0 aliphatic carbocycles. The van der Waals surface area contributed by atoms with Crippen molar-refractivity contribution in [2.24, 2.45) is 4.99 Å². The van der Waals surface area contributed by atoms with Gasteiger partial charge in [-0.15, -0.1) is 24.8 Å². The maximum Gasteiger partial charge on any atom is 0.215 e. The Morgan fingerprint density at radius 2 is 2.35 bits per heavy atom. The highest BCUT2D eigenvalue weighted by Crippen LogP contribution is 2.10. The fourth-order valence-corrected chi connectivity index (χ4v) is 2.28. The predicted molar refractivity (Wildman–Crippen MR) is 79.1 cm³/mol. The molecule has 3 N–H and O–H groups in total. The topological polar surface area (TPSA) is 69.5 Å². The van der Waals surface area contributed by atoms with E-state index in [1.807, 2.05) is 16.9 Å². The number of hydroxylamine groups is 1. The molecule has 100 valence electrons. The first kappa shape index (κ1) is 19.1. The second-order valence-corrected chi connectivity index (χ2v) is 4.42. The summed E-state index contributed by atoms with van der Waals surface area (Å²) in [6.45, 7) is 0.759. The molecule has 0 bridgehead atoms. The number of thioether (sulfide) groups is 1. The summed E-state index contributed by atoms with van der Waals surface area (Å²) in [5.41, 5.74) is 3.10. The summed E-state index contributed by atoms with van der Waals surface area (Å²) >= 11 is 3.27. The molecule has 0 aliphatic heterocycles. The molecule has 9 heteroatoms. The van der Waals surface area contributed by atoms with E-state index in [0.29, 0.717) is 5.96 Å². The Kier molecular flexibility index (Phi) is 13.8. The van der Waals surface area contributed by atoms with Crippen LogP contribution in [0.3, 0.4) is 0 Å². The van der Waals surface area contributed by atoms with Gasteiger partial charge >= 0.3 is 0 Å². The van der Waals surface area contributed by atoms with Gasteiger partial charge in [-0.2, -0.15) is 16.1 Å². The molecule has 1 heterocycles. The fourth-order valence-electron chi connectivity index (χ4n) is 0.899. The number of hydrogen-bond donors (Lipinski definition) is 3. The lowest BCUT2D eigenvalue weighted by Gasteiger charge is -2.06. The second kappa shape index (κ2) is 12.3. The van der Waals surface area contributed by atoms with E-state index in [9.17, 15) is 0 Å². The van der Waals surface area contributed by atoms with Crippen LogP contribution in [0.15, 0.2) is 16.4 Å². The molecule has 0 aromatic carbocycles. The zero-order valence-electron chi connectivity index (χ0n) is 9.25. The van der Waals surface area contributed by atoms with Crippen LogP contribution in [0.1, 0.15) is 5.69 Å². The first-order valence-corrected chi connectivity index (χ1v) is 6.43. The van der Waals surface area contributed by atoms with Gasteiger partial charge in [0.1, 0.15) is 0 Å². The van der Waals surface area contributed by atoms with Crippen LogP contribution in [0, 0.1) is 0 Å². The van der Waals surface area contributed by atoms with Gasteiger partial charge in [0.25, 0.3) is 0 Å². The highest BCUT2D eigenvalue weighted by atomic mass is 35.5. The third-order valence-corrected chi connectivity index (χ3v) is 3.20. The van der Waals surface area contributed by atoms with Gasteiger partial charge < -0.3 is 5.32 Å². The smallest absolute Gasteiger partial charge is 0.215 e. The van der Waals surface area contributed by atoms with Crippen LogP contribution in [-0.2, 0) is 5.75 Å². The number of halogens is 2. The zero-order valence-corrected chi connectivity index (χ0v) is 12.5. The van der Waals surface area contributed by atoms with E-state index in [-0.39, 0.29) is 24.8 Å². The van der Waals surface area contributed by atoms with E-state index in [1.54, 1.807) is 18.8 Å². The first-order valence-electron chi connectivity index (χ1n) is 4.44. The van der Waals surface area contributed by atoms with Crippen LogP contribution in [0.2, 0.25) is 0 Å². The Balaban J connectivity index is 0. The summed E-state index contributed by atoms with van der Waals surface area (Å²) in [5.74, 6) is 2.26. The summed E-state index contributed by atoms with van der Waals surface area (Å²) in [6, 6.07) is 2.03. The number of rotatable bonds is 5. The van der Waals surface area contributed by atoms with Gasteiger partial charge in [0.15, 0.2) is 0 Å². The van der Waals surface area contributed by atoms with Crippen LogP contribution >= 0.6 is 48.1 Å². The molecule has 0 unspecified atom stereocenters. The third-order valence-electron chi connectivity index (χ3n) is 1.61. The second-order valence-electron chi connectivity index (χ2n) is 2.65. The maximum atomic E-state index is 8.57. The van der Waals surface area contributed by atoms with E-state index in [2.05, 4.69) is 14.7 Å². The lowest BCUT2D eigenvalue weighted by Crippen LogP contribution is -2.36. The maximum absolute atomic E-state index is 8.57. The van der Waals surface area contributed by atoms with E-state index < -0.39 is 0 Å². The molecule has 1 aromatic rings. The van der Waals surface area contributed by atoms with Gasteiger partial charge in [-0.05, 0) is 17.6 Å².